The summed E-state index contributed by atoms with van der Waals surface area (Å²) in [7, 11) is 3.12. The molecular formula is C30H34ClF2N3O3. The van der Waals surface area contributed by atoms with Crippen molar-refractivity contribution in [2.24, 2.45) is 0 Å². The van der Waals surface area contributed by atoms with Crippen LogP contribution in [0.15, 0.2) is 60.7 Å². The van der Waals surface area contributed by atoms with Gasteiger partial charge in [0.25, 0.3) is 5.91 Å². The second kappa shape index (κ2) is 13.2. The highest BCUT2D eigenvalue weighted by Gasteiger charge is 2.31. The molecule has 3 N–H and O–H groups in total. The first kappa shape index (κ1) is 28.8. The zero-order valence-electron chi connectivity index (χ0n) is 22.1. The van der Waals surface area contributed by atoms with E-state index in [1.54, 1.807) is 37.4 Å². The molecule has 1 amide bonds. The number of hydrogen-bond donors (Lipinski definition) is 2. The summed E-state index contributed by atoms with van der Waals surface area (Å²) in [6.07, 6.45) is 2.23. The van der Waals surface area contributed by atoms with Gasteiger partial charge in [-0.3, -0.25) is 4.79 Å². The van der Waals surface area contributed by atoms with Crippen molar-refractivity contribution in [3.8, 4) is 5.75 Å². The molecule has 3 aromatic carbocycles. The van der Waals surface area contributed by atoms with Crippen LogP contribution >= 0.6 is 11.6 Å². The summed E-state index contributed by atoms with van der Waals surface area (Å²) < 4.78 is 38.2. The first-order chi connectivity index (χ1) is 18.8. The Hall–Kier alpha value is -3.20. The van der Waals surface area contributed by atoms with E-state index in [4.69, 9.17) is 26.8 Å². The normalized spacial score (nSPS) is 17.8. The smallest absolute Gasteiger partial charge is 0.255 e. The van der Waals surface area contributed by atoms with Gasteiger partial charge in [-0.15, -0.1) is 0 Å². The number of nitrogen functional groups attached to an aromatic ring is 1. The molecule has 4 rings (SSSR count). The van der Waals surface area contributed by atoms with Crippen molar-refractivity contribution in [3.63, 3.8) is 0 Å². The van der Waals surface area contributed by atoms with Gasteiger partial charge in [-0.25, -0.2) is 8.78 Å². The summed E-state index contributed by atoms with van der Waals surface area (Å²) in [5, 5.41) is 3.36. The number of amides is 1. The van der Waals surface area contributed by atoms with Crippen LogP contribution in [0, 0.1) is 11.6 Å². The topological polar surface area (TPSA) is 76.8 Å². The van der Waals surface area contributed by atoms with E-state index in [9.17, 15) is 13.6 Å². The Morgan fingerprint density at radius 1 is 1.08 bits per heavy atom. The molecule has 1 saturated heterocycles. The van der Waals surface area contributed by atoms with Gasteiger partial charge in [-0.05, 0) is 67.3 Å². The summed E-state index contributed by atoms with van der Waals surface area (Å²) in [5.41, 5.74) is 8.50. The fraction of sp³-hybridized carbons (Fsp3) is 0.367. The monoisotopic (exact) mass is 557 g/mol. The minimum absolute atomic E-state index is 0.0305. The third-order valence-electron chi connectivity index (χ3n) is 7.34. The number of carbonyl (C=O) groups is 1. The molecule has 39 heavy (non-hydrogen) atoms. The molecule has 1 heterocycles. The van der Waals surface area contributed by atoms with Crippen LogP contribution in [0.25, 0.3) is 0 Å². The first-order valence-corrected chi connectivity index (χ1v) is 13.4. The maximum absolute atomic E-state index is 13.5. The second-order valence-corrected chi connectivity index (χ2v) is 10.2. The van der Waals surface area contributed by atoms with E-state index in [0.29, 0.717) is 35.0 Å². The van der Waals surface area contributed by atoms with Gasteiger partial charge in [0.1, 0.15) is 17.4 Å². The Bertz CT molecular complexity index is 1210. The number of ether oxygens (including phenoxy) is 2. The van der Waals surface area contributed by atoms with E-state index in [2.05, 4.69) is 10.2 Å². The molecule has 1 fully saturated rings. The lowest BCUT2D eigenvalue weighted by Gasteiger charge is -2.38. The molecule has 2 unspecified atom stereocenters. The number of methoxy groups -OCH3 is 2. The number of benzene rings is 3. The van der Waals surface area contributed by atoms with Gasteiger partial charge in [-0.1, -0.05) is 35.9 Å². The van der Waals surface area contributed by atoms with Gasteiger partial charge >= 0.3 is 0 Å². The fourth-order valence-corrected chi connectivity index (χ4v) is 5.35. The third-order valence-corrected chi connectivity index (χ3v) is 7.67. The van der Waals surface area contributed by atoms with E-state index >= 15 is 0 Å². The van der Waals surface area contributed by atoms with Gasteiger partial charge in [-0.2, -0.15) is 0 Å². The number of rotatable bonds is 10. The Labute approximate surface area is 233 Å². The van der Waals surface area contributed by atoms with Crippen LogP contribution < -0.4 is 15.8 Å². The van der Waals surface area contributed by atoms with Crippen molar-refractivity contribution in [2.75, 3.05) is 39.6 Å². The summed E-state index contributed by atoms with van der Waals surface area (Å²) in [6.45, 7) is 2.29. The van der Waals surface area contributed by atoms with Crippen LogP contribution in [-0.4, -0.2) is 56.8 Å². The average molecular weight is 558 g/mol. The molecule has 2 atom stereocenters. The van der Waals surface area contributed by atoms with E-state index < -0.39 is 0 Å². The van der Waals surface area contributed by atoms with E-state index in [-0.39, 0.29) is 35.6 Å². The average Bonchev–Trinajstić information content (AvgIpc) is 2.94. The van der Waals surface area contributed by atoms with Crippen LogP contribution in [0.5, 0.6) is 5.75 Å². The maximum Gasteiger partial charge on any atom is 0.255 e. The van der Waals surface area contributed by atoms with E-state index in [1.807, 2.05) is 0 Å². The molecule has 6 nitrogen and oxygen atoms in total. The van der Waals surface area contributed by atoms with Crippen LogP contribution in [0.1, 0.15) is 46.7 Å². The lowest BCUT2D eigenvalue weighted by Crippen LogP contribution is -2.54. The number of nitrogens with two attached hydrogens (primary N) is 1. The van der Waals surface area contributed by atoms with E-state index in [0.717, 1.165) is 37.1 Å². The predicted octanol–water partition coefficient (Wildman–Crippen LogP) is 5.64. The SMILES string of the molecule is COc1cc(N)c(Cl)cc1C(=O)NC1CCN(CCCC(c2ccc(F)cc2)c2ccc(F)cc2)CC1OC. The molecular weight excluding hydrogens is 524 g/mol. The van der Waals surface area contributed by atoms with Gasteiger partial charge in [0.05, 0.1) is 35.5 Å². The molecule has 1 aliphatic rings. The van der Waals surface area contributed by atoms with Crippen molar-refractivity contribution in [1.82, 2.24) is 10.2 Å². The van der Waals surface area contributed by atoms with Crippen LogP contribution in [0.4, 0.5) is 14.5 Å². The number of hydrogen-bond acceptors (Lipinski definition) is 5. The second-order valence-electron chi connectivity index (χ2n) is 9.82. The predicted molar refractivity (Wildman–Crippen MR) is 149 cm³/mol. The largest absolute Gasteiger partial charge is 0.496 e. The summed E-state index contributed by atoms with van der Waals surface area (Å²) in [6, 6.07) is 15.9. The summed E-state index contributed by atoms with van der Waals surface area (Å²) in [5.74, 6) is -0.471. The zero-order valence-corrected chi connectivity index (χ0v) is 22.9. The molecule has 0 radical (unpaired) electrons. The van der Waals surface area contributed by atoms with Crippen LogP contribution in [0.3, 0.4) is 0 Å². The standard InChI is InChI=1S/C30H34ClF2N3O3/c1-38-28-17-26(34)25(31)16-24(28)30(37)35-27-13-15-36(18-29(27)39-2)14-3-4-23(19-5-9-21(32)10-6-19)20-7-11-22(33)12-8-20/h5-12,16-17,23,27,29H,3-4,13-15,18,34H2,1-2H3,(H,35,37). The molecule has 0 bridgehead atoms. The summed E-state index contributed by atoms with van der Waals surface area (Å²) in [4.78, 5) is 15.4. The van der Waals surface area contributed by atoms with Crippen molar-refractivity contribution < 1.29 is 23.0 Å². The number of carbonyl (C=O) groups excluding carboxylic acids is 1. The van der Waals surface area contributed by atoms with Crippen molar-refractivity contribution in [2.45, 2.75) is 37.3 Å². The van der Waals surface area contributed by atoms with Crippen molar-refractivity contribution in [3.05, 3.63) is 94.0 Å². The summed E-state index contributed by atoms with van der Waals surface area (Å²) >= 11 is 6.14. The van der Waals surface area contributed by atoms with Gasteiger partial charge in [0.2, 0.25) is 0 Å². The molecule has 0 saturated carbocycles. The Balaban J connectivity index is 1.36. The van der Waals surface area contributed by atoms with Crippen molar-refractivity contribution in [1.29, 1.82) is 0 Å². The first-order valence-electron chi connectivity index (χ1n) is 13.0. The lowest BCUT2D eigenvalue weighted by atomic mass is 9.87. The molecule has 208 valence electrons. The van der Waals surface area contributed by atoms with Gasteiger partial charge in [0, 0.05) is 32.2 Å². The lowest BCUT2D eigenvalue weighted by molar-refractivity contribution is 0.00593. The highest BCUT2D eigenvalue weighted by Crippen LogP contribution is 2.31. The molecule has 1 aliphatic heterocycles. The number of halogens is 3. The molecule has 0 aromatic heterocycles. The Morgan fingerprint density at radius 3 is 2.26 bits per heavy atom. The molecule has 9 heteroatoms. The molecule has 0 aliphatic carbocycles. The zero-order chi connectivity index (χ0) is 27.9. The quantitative estimate of drug-likeness (QED) is 0.315. The number of nitrogens with zero attached hydrogens (tertiary/aromatic N) is 1. The van der Waals surface area contributed by atoms with Gasteiger partial charge in [0.15, 0.2) is 0 Å². The van der Waals surface area contributed by atoms with Crippen molar-refractivity contribution >= 4 is 23.2 Å². The molecule has 0 spiro atoms. The number of likely N-dealkylation sites (tertiary alicyclic amines) is 1. The highest BCUT2D eigenvalue weighted by molar-refractivity contribution is 6.33. The number of nitrogens with one attached hydrogen (secondary N) is 1. The minimum Gasteiger partial charge on any atom is -0.496 e. The fourth-order valence-electron chi connectivity index (χ4n) is 5.18. The van der Waals surface area contributed by atoms with Gasteiger partial charge < -0.3 is 25.4 Å². The highest BCUT2D eigenvalue weighted by atomic mass is 35.5. The maximum atomic E-state index is 13.5. The third kappa shape index (κ3) is 7.26. The number of piperidine rings is 1. The minimum atomic E-state index is -0.296. The number of anilines is 1. The Kier molecular flexibility index (Phi) is 9.78. The van der Waals surface area contributed by atoms with Crippen LogP contribution in [-0.2, 0) is 4.74 Å². The molecule has 3 aromatic rings. The van der Waals surface area contributed by atoms with Crippen LogP contribution in [0.2, 0.25) is 5.02 Å². The van der Waals surface area contributed by atoms with E-state index in [1.165, 1.54) is 37.4 Å². The Morgan fingerprint density at radius 2 is 1.69 bits per heavy atom.